The molecule has 0 aliphatic carbocycles. The molecular formula is C9H13NaO4. The van der Waals surface area contributed by atoms with Crippen LogP contribution in [-0.4, -0.2) is 22.2 Å². The SMILES string of the molecule is CC=C(C(=O)O)C(=CCC)C(=O)O.[H-].[Na+]. The van der Waals surface area contributed by atoms with Crippen LogP contribution in [0.5, 0.6) is 0 Å². The summed E-state index contributed by atoms with van der Waals surface area (Å²) in [5.41, 5.74) is -0.327. The summed E-state index contributed by atoms with van der Waals surface area (Å²) in [7, 11) is 0. The summed E-state index contributed by atoms with van der Waals surface area (Å²) in [5, 5.41) is 17.3. The van der Waals surface area contributed by atoms with Crippen molar-refractivity contribution in [2.75, 3.05) is 0 Å². The maximum absolute atomic E-state index is 10.6. The maximum Gasteiger partial charge on any atom is 1.00 e. The van der Waals surface area contributed by atoms with Gasteiger partial charge in [-0.15, -0.1) is 0 Å². The largest absolute Gasteiger partial charge is 1.00 e. The number of hydrogen-bond donors (Lipinski definition) is 2. The minimum absolute atomic E-state index is 0. The van der Waals surface area contributed by atoms with Gasteiger partial charge in [-0.2, -0.15) is 0 Å². The summed E-state index contributed by atoms with van der Waals surface area (Å²) in [4.78, 5) is 21.2. The van der Waals surface area contributed by atoms with E-state index in [1.165, 1.54) is 19.1 Å². The second kappa shape index (κ2) is 7.79. The van der Waals surface area contributed by atoms with Gasteiger partial charge in [-0.1, -0.05) is 19.1 Å². The Morgan fingerprint density at radius 1 is 1.21 bits per heavy atom. The molecule has 0 saturated carbocycles. The molecule has 0 heterocycles. The van der Waals surface area contributed by atoms with Gasteiger partial charge < -0.3 is 11.6 Å². The third-order valence-electron chi connectivity index (χ3n) is 1.45. The Balaban J connectivity index is -0.000000720. The van der Waals surface area contributed by atoms with E-state index in [0.717, 1.165) is 0 Å². The van der Waals surface area contributed by atoms with E-state index in [1.807, 2.05) is 0 Å². The minimum atomic E-state index is -1.22. The van der Waals surface area contributed by atoms with Crippen molar-refractivity contribution in [2.24, 2.45) is 0 Å². The van der Waals surface area contributed by atoms with Crippen LogP contribution in [0.1, 0.15) is 21.7 Å². The molecule has 0 aromatic heterocycles. The molecule has 0 atom stereocenters. The topological polar surface area (TPSA) is 74.6 Å². The first-order chi connectivity index (χ1) is 6.04. The van der Waals surface area contributed by atoms with Crippen molar-refractivity contribution in [1.82, 2.24) is 0 Å². The molecule has 0 spiro atoms. The van der Waals surface area contributed by atoms with Gasteiger partial charge in [-0.25, -0.2) is 9.59 Å². The zero-order valence-corrected chi connectivity index (χ0v) is 10.6. The molecule has 14 heavy (non-hydrogen) atoms. The van der Waals surface area contributed by atoms with Crippen molar-refractivity contribution in [3.63, 3.8) is 0 Å². The zero-order chi connectivity index (χ0) is 10.4. The number of aliphatic carboxylic acids is 2. The van der Waals surface area contributed by atoms with Crippen LogP contribution in [-0.2, 0) is 9.59 Å². The Hall–Kier alpha value is -0.580. The zero-order valence-electron chi connectivity index (χ0n) is 9.57. The van der Waals surface area contributed by atoms with Crippen molar-refractivity contribution in [2.45, 2.75) is 20.3 Å². The first-order valence-electron chi connectivity index (χ1n) is 3.88. The van der Waals surface area contributed by atoms with Crippen LogP contribution in [0.4, 0.5) is 0 Å². The molecule has 0 aromatic rings. The Morgan fingerprint density at radius 3 is 1.86 bits per heavy atom. The molecular weight excluding hydrogens is 195 g/mol. The molecule has 0 saturated heterocycles. The molecule has 0 bridgehead atoms. The molecule has 5 heteroatoms. The third kappa shape index (κ3) is 4.60. The maximum atomic E-state index is 10.6. The van der Waals surface area contributed by atoms with Gasteiger partial charge in [0.1, 0.15) is 0 Å². The fourth-order valence-corrected chi connectivity index (χ4v) is 0.911. The standard InChI is InChI=1S/C9H12O4.Na.H/c1-3-5-7(9(12)13)6(4-2)8(10)11;;/h4-5H,3H2,1-2H3,(H,10,11)(H,12,13);;/q;+1;-1. The molecule has 0 rings (SSSR count). The monoisotopic (exact) mass is 208 g/mol. The third-order valence-corrected chi connectivity index (χ3v) is 1.45. The quantitative estimate of drug-likeness (QED) is 0.337. The molecule has 0 aromatic carbocycles. The summed E-state index contributed by atoms with van der Waals surface area (Å²) in [6.07, 6.45) is 3.15. The van der Waals surface area contributed by atoms with Gasteiger partial charge in [-0.05, 0) is 13.3 Å². The average molecular weight is 208 g/mol. The molecule has 74 valence electrons. The van der Waals surface area contributed by atoms with Crippen molar-refractivity contribution in [3.8, 4) is 0 Å². The Kier molecular flexibility index (Phi) is 8.83. The van der Waals surface area contributed by atoms with E-state index in [-0.39, 0.29) is 42.1 Å². The Morgan fingerprint density at radius 2 is 1.64 bits per heavy atom. The van der Waals surface area contributed by atoms with E-state index in [4.69, 9.17) is 10.2 Å². The fourth-order valence-electron chi connectivity index (χ4n) is 0.911. The van der Waals surface area contributed by atoms with Crippen LogP contribution >= 0.6 is 0 Å². The molecule has 0 amide bonds. The average Bonchev–Trinajstić information content (AvgIpc) is 2.03. The van der Waals surface area contributed by atoms with Gasteiger partial charge >= 0.3 is 41.5 Å². The van der Waals surface area contributed by atoms with E-state index in [2.05, 4.69) is 0 Å². The Bertz CT molecular complexity index is 284. The van der Waals surface area contributed by atoms with Crippen LogP contribution < -0.4 is 29.6 Å². The van der Waals surface area contributed by atoms with Crippen molar-refractivity contribution in [3.05, 3.63) is 23.3 Å². The van der Waals surface area contributed by atoms with E-state index < -0.39 is 11.9 Å². The predicted molar refractivity (Wildman–Crippen MR) is 48.5 cm³/mol. The van der Waals surface area contributed by atoms with Gasteiger partial charge in [-0.3, -0.25) is 0 Å². The van der Waals surface area contributed by atoms with Crippen LogP contribution in [0.15, 0.2) is 23.3 Å². The number of carbonyl (C=O) groups is 2. The van der Waals surface area contributed by atoms with Crippen LogP contribution in [0.2, 0.25) is 0 Å². The van der Waals surface area contributed by atoms with Crippen molar-refractivity contribution < 1.29 is 50.8 Å². The summed E-state index contributed by atoms with van der Waals surface area (Å²) in [5.74, 6) is -2.43. The second-order valence-corrected chi connectivity index (χ2v) is 2.34. The van der Waals surface area contributed by atoms with E-state index >= 15 is 0 Å². The minimum Gasteiger partial charge on any atom is -1.00 e. The predicted octanol–water partition coefficient (Wildman–Crippen LogP) is -1.45. The number of hydrogen-bond acceptors (Lipinski definition) is 2. The van der Waals surface area contributed by atoms with Crippen LogP contribution in [0.25, 0.3) is 0 Å². The number of allylic oxidation sites excluding steroid dienone is 2. The normalized spacial score (nSPS) is 11.9. The fraction of sp³-hybridized carbons (Fsp3) is 0.333. The van der Waals surface area contributed by atoms with Gasteiger partial charge in [0.15, 0.2) is 0 Å². The van der Waals surface area contributed by atoms with Crippen LogP contribution in [0.3, 0.4) is 0 Å². The summed E-state index contributed by atoms with van der Waals surface area (Å²) in [6, 6.07) is 0. The van der Waals surface area contributed by atoms with Gasteiger partial charge in [0.2, 0.25) is 0 Å². The number of carboxylic acids is 2. The van der Waals surface area contributed by atoms with Gasteiger partial charge in [0, 0.05) is 0 Å². The molecule has 0 fully saturated rings. The smallest absolute Gasteiger partial charge is 1.00 e. The van der Waals surface area contributed by atoms with E-state index in [1.54, 1.807) is 6.92 Å². The first kappa shape index (κ1) is 15.9. The molecule has 4 nitrogen and oxygen atoms in total. The van der Waals surface area contributed by atoms with E-state index in [9.17, 15) is 9.59 Å². The summed E-state index contributed by atoms with van der Waals surface area (Å²) >= 11 is 0. The Labute approximate surface area is 106 Å². The van der Waals surface area contributed by atoms with Crippen molar-refractivity contribution in [1.29, 1.82) is 0 Å². The van der Waals surface area contributed by atoms with Crippen LogP contribution in [0, 0.1) is 0 Å². The molecule has 0 unspecified atom stereocenters. The molecule has 0 aliphatic rings. The first-order valence-corrected chi connectivity index (χ1v) is 3.88. The van der Waals surface area contributed by atoms with E-state index in [0.29, 0.717) is 6.42 Å². The second-order valence-electron chi connectivity index (χ2n) is 2.34. The summed E-state index contributed by atoms with van der Waals surface area (Å²) < 4.78 is 0. The number of carboxylic acid groups (broad SMARTS) is 2. The molecule has 0 radical (unpaired) electrons. The molecule has 2 N–H and O–H groups in total. The van der Waals surface area contributed by atoms with Gasteiger partial charge in [0.05, 0.1) is 11.1 Å². The summed E-state index contributed by atoms with van der Waals surface area (Å²) in [6.45, 7) is 3.24. The molecule has 0 aliphatic heterocycles. The van der Waals surface area contributed by atoms with Crippen molar-refractivity contribution >= 4 is 11.9 Å². The number of rotatable bonds is 4. The van der Waals surface area contributed by atoms with Gasteiger partial charge in [0.25, 0.3) is 0 Å².